The zero-order chi connectivity index (χ0) is 24.8. The molecule has 35 heavy (non-hydrogen) atoms. The maximum atomic E-state index is 13.7. The Hall–Kier alpha value is -4.39. The standard InChI is InChI=1S/C28H21F3N2O2/c29-22-11-7-20(8-12-22)18-33(28(35)21-3-1-4-23(30)16-21)26-13-9-19(10-14-26)15-27(34)32-25-6-2-5-24(31)17-25/h1-14,16-17H,15,18H2,(H,32,34). The van der Waals surface area contributed by atoms with Crippen molar-refractivity contribution < 1.29 is 22.8 Å². The number of anilines is 2. The van der Waals surface area contributed by atoms with Crippen LogP contribution < -0.4 is 10.2 Å². The first kappa shape index (κ1) is 23.8. The largest absolute Gasteiger partial charge is 0.326 e. The van der Waals surface area contributed by atoms with E-state index in [0.717, 1.165) is 6.07 Å². The predicted molar refractivity (Wildman–Crippen MR) is 128 cm³/mol. The summed E-state index contributed by atoms with van der Waals surface area (Å²) in [5, 5.41) is 2.64. The number of carbonyl (C=O) groups is 2. The molecule has 0 aliphatic heterocycles. The number of rotatable bonds is 7. The van der Waals surface area contributed by atoms with Gasteiger partial charge in [-0.05, 0) is 71.8 Å². The Kier molecular flexibility index (Phi) is 7.26. The van der Waals surface area contributed by atoms with Gasteiger partial charge in [0.2, 0.25) is 5.91 Å². The van der Waals surface area contributed by atoms with Crippen LogP contribution >= 0.6 is 0 Å². The van der Waals surface area contributed by atoms with Crippen LogP contribution in [0.15, 0.2) is 97.1 Å². The van der Waals surface area contributed by atoms with E-state index in [2.05, 4.69) is 5.32 Å². The van der Waals surface area contributed by atoms with Gasteiger partial charge in [-0.1, -0.05) is 36.4 Å². The average molecular weight is 474 g/mol. The van der Waals surface area contributed by atoms with Gasteiger partial charge in [-0.2, -0.15) is 0 Å². The Morgan fingerprint density at radius 3 is 1.97 bits per heavy atom. The van der Waals surface area contributed by atoms with Crippen LogP contribution in [-0.2, 0) is 17.8 Å². The Bertz CT molecular complexity index is 1340. The lowest BCUT2D eigenvalue weighted by molar-refractivity contribution is -0.115. The summed E-state index contributed by atoms with van der Waals surface area (Å²) in [5.41, 5.74) is 2.43. The molecule has 4 aromatic carbocycles. The van der Waals surface area contributed by atoms with Gasteiger partial charge in [-0.3, -0.25) is 9.59 Å². The molecule has 0 saturated carbocycles. The van der Waals surface area contributed by atoms with Crippen molar-refractivity contribution in [3.05, 3.63) is 131 Å². The van der Waals surface area contributed by atoms with Crippen molar-refractivity contribution in [1.82, 2.24) is 0 Å². The van der Waals surface area contributed by atoms with Crippen LogP contribution in [0.4, 0.5) is 24.5 Å². The summed E-state index contributed by atoms with van der Waals surface area (Å²) >= 11 is 0. The van der Waals surface area contributed by atoms with Crippen molar-refractivity contribution in [2.75, 3.05) is 10.2 Å². The molecule has 0 atom stereocenters. The van der Waals surface area contributed by atoms with Crippen LogP contribution in [-0.4, -0.2) is 11.8 Å². The molecule has 0 aliphatic carbocycles. The van der Waals surface area contributed by atoms with Gasteiger partial charge in [-0.25, -0.2) is 13.2 Å². The average Bonchev–Trinajstić information content (AvgIpc) is 2.84. The highest BCUT2D eigenvalue weighted by molar-refractivity contribution is 6.06. The Balaban J connectivity index is 1.54. The van der Waals surface area contributed by atoms with Gasteiger partial charge in [-0.15, -0.1) is 0 Å². The molecule has 0 spiro atoms. The lowest BCUT2D eigenvalue weighted by atomic mass is 10.1. The first-order chi connectivity index (χ1) is 16.9. The van der Waals surface area contributed by atoms with Crippen molar-refractivity contribution in [3.8, 4) is 0 Å². The Morgan fingerprint density at radius 2 is 1.31 bits per heavy atom. The van der Waals surface area contributed by atoms with Gasteiger partial charge in [0.15, 0.2) is 0 Å². The molecule has 0 aliphatic rings. The molecule has 0 radical (unpaired) electrons. The van der Waals surface area contributed by atoms with Crippen molar-refractivity contribution in [3.63, 3.8) is 0 Å². The van der Waals surface area contributed by atoms with E-state index in [4.69, 9.17) is 0 Å². The predicted octanol–water partition coefficient (Wildman–Crippen LogP) is 6.13. The Labute approximate surface area is 200 Å². The minimum absolute atomic E-state index is 0.0482. The molecule has 4 nitrogen and oxygen atoms in total. The number of benzene rings is 4. The molecular weight excluding hydrogens is 453 g/mol. The summed E-state index contributed by atoms with van der Waals surface area (Å²) in [6.45, 7) is 0.134. The lowest BCUT2D eigenvalue weighted by Gasteiger charge is -2.23. The number of hydrogen-bond donors (Lipinski definition) is 1. The molecule has 0 bridgehead atoms. The van der Waals surface area contributed by atoms with Crippen molar-refractivity contribution in [2.45, 2.75) is 13.0 Å². The van der Waals surface area contributed by atoms with E-state index < -0.39 is 23.4 Å². The molecule has 1 N–H and O–H groups in total. The zero-order valence-corrected chi connectivity index (χ0v) is 18.5. The van der Waals surface area contributed by atoms with Gasteiger partial charge < -0.3 is 10.2 Å². The van der Waals surface area contributed by atoms with E-state index in [9.17, 15) is 22.8 Å². The summed E-state index contributed by atoms with van der Waals surface area (Å²) in [5.74, 6) is -2.11. The maximum Gasteiger partial charge on any atom is 0.258 e. The number of nitrogens with one attached hydrogen (secondary N) is 1. The fourth-order valence-corrected chi connectivity index (χ4v) is 3.58. The highest BCUT2D eigenvalue weighted by Gasteiger charge is 2.19. The molecule has 4 rings (SSSR count). The van der Waals surface area contributed by atoms with Gasteiger partial charge in [0, 0.05) is 16.9 Å². The molecule has 4 aromatic rings. The summed E-state index contributed by atoms with van der Waals surface area (Å²) in [6, 6.07) is 23.6. The van der Waals surface area contributed by atoms with Gasteiger partial charge in [0.25, 0.3) is 5.91 Å². The maximum absolute atomic E-state index is 13.7. The van der Waals surface area contributed by atoms with E-state index in [-0.39, 0.29) is 24.4 Å². The molecular formula is C28H21F3N2O2. The molecule has 0 aromatic heterocycles. The molecule has 0 unspecified atom stereocenters. The number of carbonyl (C=O) groups excluding carboxylic acids is 2. The molecule has 7 heteroatoms. The van der Waals surface area contributed by atoms with Crippen LogP contribution in [0.25, 0.3) is 0 Å². The Morgan fingerprint density at radius 1 is 0.686 bits per heavy atom. The van der Waals surface area contributed by atoms with E-state index >= 15 is 0 Å². The van der Waals surface area contributed by atoms with Crippen LogP contribution in [0.2, 0.25) is 0 Å². The zero-order valence-electron chi connectivity index (χ0n) is 18.5. The number of hydrogen-bond acceptors (Lipinski definition) is 2. The van der Waals surface area contributed by atoms with E-state index in [1.54, 1.807) is 42.5 Å². The highest BCUT2D eigenvalue weighted by Crippen LogP contribution is 2.22. The number of nitrogens with zero attached hydrogens (tertiary/aromatic N) is 1. The molecule has 0 saturated heterocycles. The van der Waals surface area contributed by atoms with Crippen molar-refractivity contribution in [1.29, 1.82) is 0 Å². The highest BCUT2D eigenvalue weighted by atomic mass is 19.1. The van der Waals surface area contributed by atoms with Crippen LogP contribution in [0.3, 0.4) is 0 Å². The minimum atomic E-state index is -0.530. The first-order valence-electron chi connectivity index (χ1n) is 10.8. The monoisotopic (exact) mass is 474 g/mol. The third-order valence-corrected chi connectivity index (χ3v) is 5.29. The van der Waals surface area contributed by atoms with E-state index in [1.165, 1.54) is 53.4 Å². The fourth-order valence-electron chi connectivity index (χ4n) is 3.58. The summed E-state index contributed by atoms with van der Waals surface area (Å²) in [7, 11) is 0. The van der Waals surface area contributed by atoms with E-state index in [0.29, 0.717) is 22.5 Å². The molecule has 0 fully saturated rings. The lowest BCUT2D eigenvalue weighted by Crippen LogP contribution is -2.30. The topological polar surface area (TPSA) is 49.4 Å². The second-order valence-corrected chi connectivity index (χ2v) is 7.93. The SMILES string of the molecule is O=C(Cc1ccc(N(Cc2ccc(F)cc2)C(=O)c2cccc(F)c2)cc1)Nc1cccc(F)c1. The van der Waals surface area contributed by atoms with Gasteiger partial charge in [0.05, 0.1) is 13.0 Å². The van der Waals surface area contributed by atoms with Crippen molar-refractivity contribution in [2.24, 2.45) is 0 Å². The smallest absolute Gasteiger partial charge is 0.258 e. The van der Waals surface area contributed by atoms with Gasteiger partial charge >= 0.3 is 0 Å². The number of amides is 2. The summed E-state index contributed by atoms with van der Waals surface area (Å²) in [6.07, 6.45) is 0.0482. The third kappa shape index (κ3) is 6.35. The minimum Gasteiger partial charge on any atom is -0.326 e. The third-order valence-electron chi connectivity index (χ3n) is 5.29. The summed E-state index contributed by atoms with van der Waals surface area (Å²) in [4.78, 5) is 27.1. The number of halogens is 3. The second-order valence-electron chi connectivity index (χ2n) is 7.93. The normalized spacial score (nSPS) is 10.6. The van der Waals surface area contributed by atoms with Crippen molar-refractivity contribution >= 4 is 23.2 Å². The molecule has 176 valence electrons. The second kappa shape index (κ2) is 10.7. The van der Waals surface area contributed by atoms with Crippen LogP contribution in [0.5, 0.6) is 0 Å². The van der Waals surface area contributed by atoms with Crippen LogP contribution in [0.1, 0.15) is 21.5 Å². The first-order valence-corrected chi connectivity index (χ1v) is 10.8. The van der Waals surface area contributed by atoms with Gasteiger partial charge in [0.1, 0.15) is 17.5 Å². The quantitative estimate of drug-likeness (QED) is 0.350. The van der Waals surface area contributed by atoms with Crippen LogP contribution in [0, 0.1) is 17.5 Å². The molecule has 2 amide bonds. The van der Waals surface area contributed by atoms with E-state index in [1.807, 2.05) is 0 Å². The fraction of sp³-hybridized carbons (Fsp3) is 0.0714. The summed E-state index contributed by atoms with van der Waals surface area (Å²) < 4.78 is 40.4. The molecule has 0 heterocycles.